The third kappa shape index (κ3) is 6.06. The number of anilines is 2. The van der Waals surface area contributed by atoms with Gasteiger partial charge in [0.1, 0.15) is 17.4 Å². The molecule has 0 saturated heterocycles. The Bertz CT molecular complexity index is 1810. The Hall–Kier alpha value is -5.29. The second kappa shape index (κ2) is 11.7. The van der Waals surface area contributed by atoms with Crippen molar-refractivity contribution in [1.29, 1.82) is 5.26 Å². The fourth-order valence-corrected chi connectivity index (χ4v) is 4.67. The molecule has 1 amide bonds. The Morgan fingerprint density at radius 2 is 1.79 bits per heavy atom. The number of methoxy groups -OCH3 is 1. The van der Waals surface area contributed by atoms with Crippen LogP contribution in [0.1, 0.15) is 40.9 Å². The second-order valence-corrected chi connectivity index (χ2v) is 10.8. The number of carbonyl (C=O) groups excluding carboxylic acids is 1. The summed E-state index contributed by atoms with van der Waals surface area (Å²) >= 11 is 0. The summed E-state index contributed by atoms with van der Waals surface area (Å²) in [5.74, 6) is 1.77. The monoisotopic (exact) mass is 556 g/mol. The van der Waals surface area contributed by atoms with E-state index in [9.17, 15) is 10.1 Å². The third-order valence-electron chi connectivity index (χ3n) is 7.33. The van der Waals surface area contributed by atoms with Crippen LogP contribution in [-0.2, 0) is 12.0 Å². The van der Waals surface area contributed by atoms with Gasteiger partial charge in [-0.3, -0.25) is 9.78 Å². The molecule has 0 atom stereocenters. The van der Waals surface area contributed by atoms with Crippen LogP contribution >= 0.6 is 0 Å². The molecule has 8 heteroatoms. The lowest BCUT2D eigenvalue weighted by Gasteiger charge is -2.19. The van der Waals surface area contributed by atoms with Crippen molar-refractivity contribution < 1.29 is 9.53 Å². The van der Waals surface area contributed by atoms with E-state index < -0.39 is 5.41 Å². The number of aromatic nitrogens is 3. The molecule has 3 aromatic heterocycles. The first-order valence-corrected chi connectivity index (χ1v) is 13.6. The highest BCUT2D eigenvalue weighted by atomic mass is 16.5. The first kappa shape index (κ1) is 28.2. The molecule has 2 aromatic carbocycles. The molecule has 0 unspecified atom stereocenters. The van der Waals surface area contributed by atoms with Gasteiger partial charge in [-0.05, 0) is 85.5 Å². The van der Waals surface area contributed by atoms with Crippen LogP contribution in [0.15, 0.2) is 85.3 Å². The number of pyridine rings is 3. The molecule has 0 radical (unpaired) electrons. The summed E-state index contributed by atoms with van der Waals surface area (Å²) < 4.78 is 5.25. The molecular formula is C34H32N6O2. The number of amides is 1. The number of fused-ring (bicyclic) bond motifs is 1. The average molecular weight is 557 g/mol. The molecule has 3 heterocycles. The summed E-state index contributed by atoms with van der Waals surface area (Å²) in [4.78, 5) is 28.9. The molecule has 210 valence electrons. The number of aryl methyl sites for hydroxylation is 1. The van der Waals surface area contributed by atoms with Crippen molar-refractivity contribution in [1.82, 2.24) is 15.0 Å². The molecule has 1 N–H and O–H groups in total. The number of ether oxygens (including phenoxy) is 1. The Morgan fingerprint density at radius 1 is 1.00 bits per heavy atom. The van der Waals surface area contributed by atoms with Gasteiger partial charge in [0, 0.05) is 54.8 Å². The van der Waals surface area contributed by atoms with Gasteiger partial charge in [-0.25, -0.2) is 9.97 Å². The molecule has 0 fully saturated rings. The topological polar surface area (TPSA) is 104 Å². The minimum Gasteiger partial charge on any atom is -0.497 e. The van der Waals surface area contributed by atoms with Crippen molar-refractivity contribution in [3.63, 3.8) is 0 Å². The predicted octanol–water partition coefficient (Wildman–Crippen LogP) is 6.70. The van der Waals surface area contributed by atoms with E-state index in [-0.39, 0.29) is 5.91 Å². The number of hydrogen-bond acceptors (Lipinski definition) is 7. The number of nitrogens with zero attached hydrogens (tertiary/aromatic N) is 5. The zero-order valence-electron chi connectivity index (χ0n) is 24.3. The largest absolute Gasteiger partial charge is 0.497 e. The first-order valence-electron chi connectivity index (χ1n) is 13.6. The van der Waals surface area contributed by atoms with Gasteiger partial charge in [0.05, 0.1) is 24.1 Å². The van der Waals surface area contributed by atoms with Crippen LogP contribution < -0.4 is 15.0 Å². The van der Waals surface area contributed by atoms with Gasteiger partial charge in [-0.2, -0.15) is 5.26 Å². The molecule has 5 aromatic rings. The van der Waals surface area contributed by atoms with Gasteiger partial charge in [0.15, 0.2) is 0 Å². The van der Waals surface area contributed by atoms with E-state index in [1.54, 1.807) is 31.5 Å². The summed E-state index contributed by atoms with van der Waals surface area (Å²) in [7, 11) is 3.66. The average Bonchev–Trinajstić information content (AvgIpc) is 3.01. The lowest BCUT2D eigenvalue weighted by Crippen LogP contribution is -2.17. The van der Waals surface area contributed by atoms with E-state index in [1.165, 1.54) is 0 Å². The van der Waals surface area contributed by atoms with Gasteiger partial charge in [-0.1, -0.05) is 18.2 Å². The minimum absolute atomic E-state index is 0.282. The van der Waals surface area contributed by atoms with Crippen molar-refractivity contribution in [2.24, 2.45) is 0 Å². The maximum Gasteiger partial charge on any atom is 0.256 e. The van der Waals surface area contributed by atoms with Gasteiger partial charge in [0.2, 0.25) is 0 Å². The SMILES string of the molecule is COc1ccc(CN(C)c2cc3ncc(-c4cc(C(=O)Nc5cc(C(C)(C)C#N)ccn5)ccc4C)cc3cn2)cc1. The van der Waals surface area contributed by atoms with Gasteiger partial charge < -0.3 is 15.0 Å². The van der Waals surface area contributed by atoms with Crippen LogP contribution in [0.25, 0.3) is 22.0 Å². The van der Waals surface area contributed by atoms with Crippen LogP contribution in [-0.4, -0.2) is 35.0 Å². The molecule has 0 spiro atoms. The van der Waals surface area contributed by atoms with Crippen LogP contribution in [0.4, 0.5) is 11.6 Å². The molecular weight excluding hydrogens is 524 g/mol. The van der Waals surface area contributed by atoms with Crippen LogP contribution in [0.3, 0.4) is 0 Å². The summed E-state index contributed by atoms with van der Waals surface area (Å²) in [6.45, 7) is 6.36. The lowest BCUT2D eigenvalue weighted by molar-refractivity contribution is 0.102. The van der Waals surface area contributed by atoms with Crippen LogP contribution in [0, 0.1) is 18.3 Å². The molecule has 0 aliphatic rings. The maximum absolute atomic E-state index is 13.2. The summed E-state index contributed by atoms with van der Waals surface area (Å²) in [5.41, 5.74) is 5.40. The van der Waals surface area contributed by atoms with Gasteiger partial charge >= 0.3 is 0 Å². The van der Waals surface area contributed by atoms with Crippen LogP contribution in [0.2, 0.25) is 0 Å². The molecule has 42 heavy (non-hydrogen) atoms. The molecule has 8 nitrogen and oxygen atoms in total. The van der Waals surface area contributed by atoms with Crippen molar-refractivity contribution in [2.45, 2.75) is 32.7 Å². The fraction of sp³-hybridized carbons (Fsp3) is 0.206. The highest BCUT2D eigenvalue weighted by Gasteiger charge is 2.21. The van der Waals surface area contributed by atoms with Gasteiger partial charge in [0.25, 0.3) is 5.91 Å². The van der Waals surface area contributed by atoms with E-state index in [0.717, 1.165) is 50.3 Å². The van der Waals surface area contributed by atoms with Crippen molar-refractivity contribution in [3.8, 4) is 22.9 Å². The van der Waals surface area contributed by atoms with E-state index in [0.29, 0.717) is 17.9 Å². The van der Waals surface area contributed by atoms with Crippen molar-refractivity contribution in [3.05, 3.63) is 108 Å². The van der Waals surface area contributed by atoms with Crippen molar-refractivity contribution in [2.75, 3.05) is 24.4 Å². The van der Waals surface area contributed by atoms with E-state index >= 15 is 0 Å². The molecule has 0 aliphatic carbocycles. The highest BCUT2D eigenvalue weighted by Crippen LogP contribution is 2.29. The Labute approximate surface area is 245 Å². The standard InChI is InChI=1S/C34H32N6O2/c1-22-6-9-24(33(41)39-31-16-27(12-13-36-31)34(2,3)21-35)15-29(22)25-14-26-19-38-32(17-30(26)37-18-25)40(4)20-23-7-10-28(42-5)11-8-23/h6-19H,20H2,1-5H3,(H,36,39,41). The van der Waals surface area contributed by atoms with Gasteiger partial charge in [-0.15, -0.1) is 0 Å². The molecule has 0 saturated carbocycles. The van der Waals surface area contributed by atoms with E-state index in [1.807, 2.05) is 88.7 Å². The zero-order chi connectivity index (χ0) is 29.9. The maximum atomic E-state index is 13.2. The van der Waals surface area contributed by atoms with E-state index in [4.69, 9.17) is 9.72 Å². The smallest absolute Gasteiger partial charge is 0.256 e. The normalized spacial score (nSPS) is 11.1. The second-order valence-electron chi connectivity index (χ2n) is 10.8. The number of nitrogens with one attached hydrogen (secondary N) is 1. The predicted molar refractivity (Wildman–Crippen MR) is 166 cm³/mol. The quantitative estimate of drug-likeness (QED) is 0.227. The summed E-state index contributed by atoms with van der Waals surface area (Å²) in [6, 6.07) is 23.4. The third-order valence-corrected chi connectivity index (χ3v) is 7.33. The number of rotatable bonds is 8. The molecule has 0 aliphatic heterocycles. The fourth-order valence-electron chi connectivity index (χ4n) is 4.67. The molecule has 0 bridgehead atoms. The number of benzene rings is 2. The number of nitriles is 1. The first-order chi connectivity index (χ1) is 20.2. The Balaban J connectivity index is 1.36. The summed E-state index contributed by atoms with van der Waals surface area (Å²) in [5, 5.41) is 13.2. The minimum atomic E-state index is -0.690. The molecule has 5 rings (SSSR count). The lowest BCUT2D eigenvalue weighted by atomic mass is 9.87. The highest BCUT2D eigenvalue weighted by molar-refractivity contribution is 6.04. The Morgan fingerprint density at radius 3 is 2.52 bits per heavy atom. The van der Waals surface area contributed by atoms with E-state index in [2.05, 4.69) is 26.3 Å². The number of carbonyl (C=O) groups is 1. The van der Waals surface area contributed by atoms with Crippen molar-refractivity contribution >= 4 is 28.4 Å². The number of hydrogen-bond donors (Lipinski definition) is 1. The zero-order valence-corrected chi connectivity index (χ0v) is 24.3. The summed E-state index contributed by atoms with van der Waals surface area (Å²) in [6.07, 6.45) is 5.26. The van der Waals surface area contributed by atoms with Crippen LogP contribution in [0.5, 0.6) is 5.75 Å². The Kier molecular flexibility index (Phi) is 7.85.